The lowest BCUT2D eigenvalue weighted by atomic mass is 10.0. The van der Waals surface area contributed by atoms with Gasteiger partial charge in [0.25, 0.3) is 0 Å². The fourth-order valence-corrected chi connectivity index (χ4v) is 6.74. The van der Waals surface area contributed by atoms with E-state index in [9.17, 15) is 13.2 Å². The van der Waals surface area contributed by atoms with Gasteiger partial charge in [0.2, 0.25) is 15.9 Å². The molecule has 8 nitrogen and oxygen atoms in total. The van der Waals surface area contributed by atoms with E-state index < -0.39 is 10.0 Å². The van der Waals surface area contributed by atoms with Crippen molar-refractivity contribution >= 4 is 15.9 Å². The molecule has 2 fully saturated rings. The number of fused-ring (bicyclic) bond motifs is 1. The Morgan fingerprint density at radius 2 is 1.63 bits per heavy atom. The molecule has 0 unspecified atom stereocenters. The van der Waals surface area contributed by atoms with Crippen molar-refractivity contribution in [2.45, 2.75) is 43.2 Å². The van der Waals surface area contributed by atoms with Crippen molar-refractivity contribution in [2.24, 2.45) is 0 Å². The van der Waals surface area contributed by atoms with Crippen LogP contribution in [0.3, 0.4) is 0 Å². The number of sulfonamides is 1. The quantitative estimate of drug-likeness (QED) is 0.630. The lowest BCUT2D eigenvalue weighted by molar-refractivity contribution is -0.138. The number of hydrogen-bond donors (Lipinski definition) is 0. The number of carbonyl (C=O) groups excluding carboxylic acids is 1. The molecule has 0 aromatic heterocycles. The number of benzene rings is 2. The van der Waals surface area contributed by atoms with Crippen molar-refractivity contribution in [2.75, 3.05) is 45.9 Å². The zero-order valence-corrected chi connectivity index (χ0v) is 21.0. The maximum absolute atomic E-state index is 13.4. The van der Waals surface area contributed by atoms with Gasteiger partial charge in [0.05, 0.1) is 24.2 Å². The summed E-state index contributed by atoms with van der Waals surface area (Å²) in [7, 11) is -3.54. The van der Waals surface area contributed by atoms with Crippen molar-refractivity contribution in [3.05, 3.63) is 54.1 Å². The average Bonchev–Trinajstić information content (AvgIpc) is 3.27. The molecule has 0 bridgehead atoms. The third-order valence-corrected chi connectivity index (χ3v) is 9.15. The third kappa shape index (κ3) is 4.90. The smallest absolute Gasteiger partial charge is 0.243 e. The molecule has 2 atom stereocenters. The van der Waals surface area contributed by atoms with Crippen LogP contribution in [-0.4, -0.2) is 80.4 Å². The molecule has 2 saturated heterocycles. The second-order valence-corrected chi connectivity index (χ2v) is 11.3. The molecule has 35 heavy (non-hydrogen) atoms. The normalized spacial score (nSPS) is 22.5. The van der Waals surface area contributed by atoms with E-state index in [1.165, 1.54) is 4.31 Å². The van der Waals surface area contributed by atoms with Crippen molar-refractivity contribution in [3.63, 3.8) is 0 Å². The molecule has 3 aliphatic heterocycles. The minimum atomic E-state index is -3.54. The average molecular weight is 500 g/mol. The monoisotopic (exact) mass is 499 g/mol. The molecule has 0 N–H and O–H groups in total. The van der Waals surface area contributed by atoms with Gasteiger partial charge < -0.3 is 14.4 Å². The molecule has 0 saturated carbocycles. The van der Waals surface area contributed by atoms with Crippen LogP contribution in [0.5, 0.6) is 11.5 Å². The number of amides is 1. The van der Waals surface area contributed by atoms with Crippen LogP contribution in [0.15, 0.2) is 53.4 Å². The van der Waals surface area contributed by atoms with Crippen LogP contribution in [0, 0.1) is 0 Å². The van der Waals surface area contributed by atoms with E-state index in [1.54, 1.807) is 30.3 Å². The summed E-state index contributed by atoms with van der Waals surface area (Å²) < 4.78 is 39.0. The van der Waals surface area contributed by atoms with Crippen LogP contribution in [0.2, 0.25) is 0 Å². The van der Waals surface area contributed by atoms with E-state index in [-0.39, 0.29) is 18.0 Å². The van der Waals surface area contributed by atoms with Crippen molar-refractivity contribution in [3.8, 4) is 11.5 Å². The summed E-state index contributed by atoms with van der Waals surface area (Å²) in [5, 5.41) is 0. The Balaban J connectivity index is 1.24. The number of carbonyl (C=O) groups is 1. The van der Waals surface area contributed by atoms with Gasteiger partial charge in [0, 0.05) is 38.6 Å². The van der Waals surface area contributed by atoms with Gasteiger partial charge in [0.1, 0.15) is 0 Å². The molecule has 0 radical (unpaired) electrons. The Morgan fingerprint density at radius 3 is 2.37 bits per heavy atom. The predicted octanol–water partition coefficient (Wildman–Crippen LogP) is 2.91. The second kappa shape index (κ2) is 10.2. The summed E-state index contributed by atoms with van der Waals surface area (Å²) in [5.41, 5.74) is 1.14. The first-order valence-corrected chi connectivity index (χ1v) is 13.9. The summed E-state index contributed by atoms with van der Waals surface area (Å²) in [6, 6.07) is 14.5. The van der Waals surface area contributed by atoms with Crippen LogP contribution in [-0.2, 0) is 14.8 Å². The van der Waals surface area contributed by atoms with Crippen LogP contribution < -0.4 is 9.47 Å². The fourth-order valence-electron chi connectivity index (χ4n) is 5.29. The SMILES string of the molecule is C[C@@H](C(=O)N1CCN(S(=O)(=O)c2ccccc2)CC1)N1CCC[C@@H]1c1ccc2c(c1)OCCCO2. The zero-order chi connectivity index (χ0) is 24.4. The number of nitrogens with zero attached hydrogens (tertiary/aromatic N) is 3. The number of rotatable bonds is 5. The number of hydrogen-bond acceptors (Lipinski definition) is 6. The van der Waals surface area contributed by atoms with Gasteiger partial charge in [-0.3, -0.25) is 9.69 Å². The van der Waals surface area contributed by atoms with Gasteiger partial charge in [-0.15, -0.1) is 0 Å². The molecule has 0 spiro atoms. The molecule has 3 aliphatic rings. The van der Waals surface area contributed by atoms with Crippen LogP contribution in [0.1, 0.15) is 37.8 Å². The summed E-state index contributed by atoms with van der Waals surface area (Å²) in [6.45, 7) is 5.54. The standard InChI is InChI=1S/C26H33N3O5S/c1-20(26(30)27-13-15-28(16-14-27)35(31,32)22-7-3-2-4-8-22)29-12-5-9-23(29)21-10-11-24-25(19-21)34-18-6-17-33-24/h2-4,7-8,10-11,19-20,23H,5-6,9,12-18H2,1H3/t20-,23+/m0/s1. The van der Waals surface area contributed by atoms with Gasteiger partial charge in [-0.25, -0.2) is 8.42 Å². The molecule has 9 heteroatoms. The van der Waals surface area contributed by atoms with E-state index in [0.29, 0.717) is 44.3 Å². The van der Waals surface area contributed by atoms with Crippen molar-refractivity contribution in [1.82, 2.24) is 14.1 Å². The first-order chi connectivity index (χ1) is 16.9. The Bertz CT molecular complexity index is 1150. The lowest BCUT2D eigenvalue weighted by Gasteiger charge is -2.38. The van der Waals surface area contributed by atoms with E-state index in [4.69, 9.17) is 9.47 Å². The minimum Gasteiger partial charge on any atom is -0.490 e. The number of likely N-dealkylation sites (tertiary alicyclic amines) is 1. The van der Waals surface area contributed by atoms with E-state index in [2.05, 4.69) is 17.0 Å². The van der Waals surface area contributed by atoms with Gasteiger partial charge in [-0.05, 0) is 56.1 Å². The maximum atomic E-state index is 13.4. The molecular formula is C26H33N3O5S. The maximum Gasteiger partial charge on any atom is 0.243 e. The van der Waals surface area contributed by atoms with Crippen molar-refractivity contribution < 1.29 is 22.7 Å². The van der Waals surface area contributed by atoms with E-state index in [1.807, 2.05) is 17.9 Å². The lowest BCUT2D eigenvalue weighted by Crippen LogP contribution is -2.55. The number of piperazine rings is 1. The summed E-state index contributed by atoms with van der Waals surface area (Å²) >= 11 is 0. The zero-order valence-electron chi connectivity index (χ0n) is 20.1. The molecular weight excluding hydrogens is 466 g/mol. The Hall–Kier alpha value is -2.62. The van der Waals surface area contributed by atoms with Crippen LogP contribution in [0.25, 0.3) is 0 Å². The largest absolute Gasteiger partial charge is 0.490 e. The first kappa shape index (κ1) is 24.1. The van der Waals surface area contributed by atoms with Gasteiger partial charge >= 0.3 is 0 Å². The van der Waals surface area contributed by atoms with E-state index >= 15 is 0 Å². The van der Waals surface area contributed by atoms with Gasteiger partial charge in [-0.1, -0.05) is 24.3 Å². The molecule has 0 aliphatic carbocycles. The molecule has 1 amide bonds. The molecule has 188 valence electrons. The highest BCUT2D eigenvalue weighted by molar-refractivity contribution is 7.89. The Kier molecular flexibility index (Phi) is 7.00. The topological polar surface area (TPSA) is 79.4 Å². The predicted molar refractivity (Wildman–Crippen MR) is 132 cm³/mol. The molecule has 2 aromatic rings. The van der Waals surface area contributed by atoms with Crippen molar-refractivity contribution in [1.29, 1.82) is 0 Å². The molecule has 5 rings (SSSR count). The summed E-state index contributed by atoms with van der Waals surface area (Å²) in [6.07, 6.45) is 2.88. The first-order valence-electron chi connectivity index (χ1n) is 12.4. The Morgan fingerprint density at radius 1 is 0.914 bits per heavy atom. The Labute approximate surface area is 207 Å². The highest BCUT2D eigenvalue weighted by atomic mass is 32.2. The second-order valence-electron chi connectivity index (χ2n) is 9.37. The minimum absolute atomic E-state index is 0.0583. The van der Waals surface area contributed by atoms with Crippen LogP contribution in [0.4, 0.5) is 0 Å². The number of ether oxygens (including phenoxy) is 2. The highest BCUT2D eigenvalue weighted by Crippen LogP contribution is 2.39. The molecule has 2 aromatic carbocycles. The van der Waals surface area contributed by atoms with E-state index in [0.717, 1.165) is 42.9 Å². The summed E-state index contributed by atoms with van der Waals surface area (Å²) in [5.74, 6) is 1.62. The van der Waals surface area contributed by atoms with Crippen LogP contribution >= 0.6 is 0 Å². The van der Waals surface area contributed by atoms with Gasteiger partial charge in [-0.2, -0.15) is 4.31 Å². The highest BCUT2D eigenvalue weighted by Gasteiger charge is 2.37. The van der Waals surface area contributed by atoms with Gasteiger partial charge in [0.15, 0.2) is 11.5 Å². The fraction of sp³-hybridized carbons (Fsp3) is 0.500. The summed E-state index contributed by atoms with van der Waals surface area (Å²) in [4.78, 5) is 17.8. The molecule has 3 heterocycles. The third-order valence-electron chi connectivity index (χ3n) is 7.24.